The topological polar surface area (TPSA) is 92.8 Å². The highest BCUT2D eigenvalue weighted by Gasteiger charge is 2.28. The molecule has 1 aliphatic carbocycles. The maximum absolute atomic E-state index is 12.7. The normalized spacial score (nSPS) is 13.5. The SMILES string of the molecule is COC(=O)c1c(NC(=O)CN(c2cccc(Cl)c2)S(C)(=O)=O)sc2c1CCCC2. The molecule has 0 spiro atoms. The number of carbonyl (C=O) groups excluding carboxylic acids is 2. The lowest BCUT2D eigenvalue weighted by Gasteiger charge is -2.22. The van der Waals surface area contributed by atoms with E-state index in [1.807, 2.05) is 0 Å². The van der Waals surface area contributed by atoms with Crippen LogP contribution in [0.25, 0.3) is 0 Å². The zero-order valence-electron chi connectivity index (χ0n) is 16.0. The zero-order chi connectivity index (χ0) is 21.2. The van der Waals surface area contributed by atoms with E-state index < -0.39 is 28.4 Å². The van der Waals surface area contributed by atoms with Gasteiger partial charge in [-0.3, -0.25) is 9.10 Å². The summed E-state index contributed by atoms with van der Waals surface area (Å²) in [7, 11) is -2.43. The first-order valence-corrected chi connectivity index (χ1v) is 12.0. The van der Waals surface area contributed by atoms with Gasteiger partial charge in [-0.05, 0) is 49.4 Å². The standard InChI is InChI=1S/C19H21ClN2O5S2/c1-27-19(24)17-14-8-3-4-9-15(14)28-18(17)21-16(23)11-22(29(2,25)26)13-7-5-6-12(20)10-13/h5-7,10H,3-4,8-9,11H2,1-2H3,(H,21,23). The molecule has 1 aliphatic rings. The van der Waals surface area contributed by atoms with E-state index in [1.54, 1.807) is 18.2 Å². The molecule has 1 N–H and O–H groups in total. The molecule has 1 aromatic carbocycles. The minimum absolute atomic E-state index is 0.286. The number of methoxy groups -OCH3 is 1. The predicted molar refractivity (Wildman–Crippen MR) is 115 cm³/mol. The lowest BCUT2D eigenvalue weighted by molar-refractivity contribution is -0.114. The van der Waals surface area contributed by atoms with E-state index in [2.05, 4.69) is 5.32 Å². The number of aryl methyl sites for hydroxylation is 1. The summed E-state index contributed by atoms with van der Waals surface area (Å²) < 4.78 is 30.4. The molecule has 2 aromatic rings. The van der Waals surface area contributed by atoms with Gasteiger partial charge in [-0.25, -0.2) is 13.2 Å². The summed E-state index contributed by atoms with van der Waals surface area (Å²) in [5.74, 6) is -1.06. The Kier molecular flexibility index (Phi) is 6.50. The van der Waals surface area contributed by atoms with Crippen LogP contribution in [0, 0.1) is 0 Å². The van der Waals surface area contributed by atoms with Crippen LogP contribution in [0.15, 0.2) is 24.3 Å². The number of nitrogens with one attached hydrogen (secondary N) is 1. The highest BCUT2D eigenvalue weighted by atomic mass is 35.5. The first-order valence-electron chi connectivity index (χ1n) is 8.96. The largest absolute Gasteiger partial charge is 0.465 e. The first-order chi connectivity index (χ1) is 13.7. The molecule has 1 aromatic heterocycles. The van der Waals surface area contributed by atoms with Crippen LogP contribution < -0.4 is 9.62 Å². The lowest BCUT2D eigenvalue weighted by Crippen LogP contribution is -2.37. The van der Waals surface area contributed by atoms with Gasteiger partial charge in [0.25, 0.3) is 0 Å². The quantitative estimate of drug-likeness (QED) is 0.672. The van der Waals surface area contributed by atoms with Gasteiger partial charge in [0.1, 0.15) is 11.5 Å². The van der Waals surface area contributed by atoms with Crippen LogP contribution in [-0.2, 0) is 32.4 Å². The van der Waals surface area contributed by atoms with Gasteiger partial charge < -0.3 is 10.1 Å². The molecule has 0 radical (unpaired) electrons. The van der Waals surface area contributed by atoms with E-state index in [1.165, 1.54) is 24.5 Å². The summed E-state index contributed by atoms with van der Waals surface area (Å²) in [5, 5.41) is 3.46. The Labute approximate surface area is 178 Å². The Bertz CT molecular complexity index is 1050. The fourth-order valence-corrected chi connectivity index (χ4v) is 5.63. The molecule has 10 heteroatoms. The summed E-state index contributed by atoms with van der Waals surface area (Å²) in [6.45, 7) is -0.442. The number of benzene rings is 1. The number of amides is 1. The first kappa shape index (κ1) is 21.6. The maximum atomic E-state index is 12.7. The van der Waals surface area contributed by atoms with Crippen molar-refractivity contribution in [1.29, 1.82) is 0 Å². The Hall–Kier alpha value is -2.10. The molecule has 0 unspecified atom stereocenters. The maximum Gasteiger partial charge on any atom is 0.341 e. The minimum atomic E-state index is -3.73. The van der Waals surface area contributed by atoms with Crippen LogP contribution >= 0.6 is 22.9 Å². The number of carbonyl (C=O) groups is 2. The van der Waals surface area contributed by atoms with Crippen LogP contribution in [0.5, 0.6) is 0 Å². The number of rotatable bonds is 6. The van der Waals surface area contributed by atoms with Crippen molar-refractivity contribution in [2.24, 2.45) is 0 Å². The van der Waals surface area contributed by atoms with Crippen molar-refractivity contribution in [3.8, 4) is 0 Å². The van der Waals surface area contributed by atoms with E-state index in [9.17, 15) is 18.0 Å². The second-order valence-corrected chi connectivity index (χ2v) is 10.2. The summed E-state index contributed by atoms with van der Waals surface area (Å²) in [5.41, 5.74) is 1.57. The van der Waals surface area contributed by atoms with Crippen molar-refractivity contribution in [3.63, 3.8) is 0 Å². The molecular weight excluding hydrogens is 436 g/mol. The Balaban J connectivity index is 1.88. The molecule has 0 fully saturated rings. The molecular formula is C19H21ClN2O5S2. The molecule has 0 saturated carbocycles. The van der Waals surface area contributed by atoms with Crippen LogP contribution in [0.2, 0.25) is 5.02 Å². The summed E-state index contributed by atoms with van der Waals surface area (Å²) >= 11 is 7.31. The smallest absolute Gasteiger partial charge is 0.341 e. The van der Waals surface area contributed by atoms with E-state index in [-0.39, 0.29) is 5.69 Å². The highest BCUT2D eigenvalue weighted by molar-refractivity contribution is 7.92. The third-order valence-corrected chi connectivity index (χ3v) is 7.18. The van der Waals surface area contributed by atoms with Gasteiger partial charge in [0.05, 0.1) is 24.6 Å². The molecule has 1 heterocycles. The van der Waals surface area contributed by atoms with Gasteiger partial charge in [0.2, 0.25) is 15.9 Å². The van der Waals surface area contributed by atoms with Crippen LogP contribution in [0.1, 0.15) is 33.6 Å². The van der Waals surface area contributed by atoms with Crippen LogP contribution in [0.4, 0.5) is 10.7 Å². The van der Waals surface area contributed by atoms with Crippen molar-refractivity contribution >= 4 is 55.5 Å². The molecule has 0 bridgehead atoms. The van der Waals surface area contributed by atoms with Gasteiger partial charge >= 0.3 is 5.97 Å². The molecule has 1 amide bonds. The molecule has 7 nitrogen and oxygen atoms in total. The summed E-state index contributed by atoms with van der Waals surface area (Å²) in [6, 6.07) is 6.25. The number of fused-ring (bicyclic) bond motifs is 1. The Morgan fingerprint density at radius 1 is 1.28 bits per heavy atom. The van der Waals surface area contributed by atoms with E-state index >= 15 is 0 Å². The number of anilines is 2. The van der Waals surface area contributed by atoms with E-state index in [0.717, 1.165) is 46.7 Å². The predicted octanol–water partition coefficient (Wildman–Crippen LogP) is 3.47. The Morgan fingerprint density at radius 3 is 2.66 bits per heavy atom. The number of nitrogens with zero attached hydrogens (tertiary/aromatic N) is 1. The molecule has 3 rings (SSSR count). The van der Waals surface area contributed by atoms with Crippen LogP contribution in [0.3, 0.4) is 0 Å². The molecule has 0 aliphatic heterocycles. The van der Waals surface area contributed by atoms with Crippen molar-refractivity contribution in [2.75, 3.05) is 29.5 Å². The van der Waals surface area contributed by atoms with Crippen LogP contribution in [-0.4, -0.2) is 40.2 Å². The van der Waals surface area contributed by atoms with Crippen molar-refractivity contribution in [3.05, 3.63) is 45.3 Å². The molecule has 156 valence electrons. The third kappa shape index (κ3) is 4.91. The number of hydrogen-bond donors (Lipinski definition) is 1. The average molecular weight is 457 g/mol. The van der Waals surface area contributed by atoms with Crippen molar-refractivity contribution in [2.45, 2.75) is 25.7 Å². The van der Waals surface area contributed by atoms with Gasteiger partial charge in [-0.15, -0.1) is 11.3 Å². The van der Waals surface area contributed by atoms with E-state index in [0.29, 0.717) is 15.6 Å². The van der Waals surface area contributed by atoms with E-state index in [4.69, 9.17) is 16.3 Å². The monoisotopic (exact) mass is 456 g/mol. The zero-order valence-corrected chi connectivity index (χ0v) is 18.4. The Morgan fingerprint density at radius 2 is 2.00 bits per heavy atom. The molecule has 0 atom stereocenters. The number of halogens is 1. The van der Waals surface area contributed by atoms with Gasteiger partial charge in [0, 0.05) is 9.90 Å². The van der Waals surface area contributed by atoms with Gasteiger partial charge in [-0.1, -0.05) is 17.7 Å². The second-order valence-electron chi connectivity index (χ2n) is 6.70. The fraction of sp³-hybridized carbons (Fsp3) is 0.368. The van der Waals surface area contributed by atoms with Crippen molar-refractivity contribution in [1.82, 2.24) is 0 Å². The molecule has 29 heavy (non-hydrogen) atoms. The second kappa shape index (κ2) is 8.73. The summed E-state index contributed by atoms with van der Waals surface area (Å²) in [6.07, 6.45) is 4.61. The lowest BCUT2D eigenvalue weighted by atomic mass is 9.95. The van der Waals surface area contributed by atoms with Crippen molar-refractivity contribution < 1.29 is 22.7 Å². The highest BCUT2D eigenvalue weighted by Crippen LogP contribution is 2.38. The molecule has 0 saturated heterocycles. The van der Waals surface area contributed by atoms with Gasteiger partial charge in [0.15, 0.2) is 0 Å². The number of sulfonamides is 1. The number of esters is 1. The third-order valence-electron chi connectivity index (χ3n) is 4.60. The average Bonchev–Trinajstić information content (AvgIpc) is 3.02. The fourth-order valence-electron chi connectivity index (χ4n) is 3.30. The number of ether oxygens (including phenoxy) is 1. The minimum Gasteiger partial charge on any atom is -0.465 e. The number of hydrogen-bond acceptors (Lipinski definition) is 6. The van der Waals surface area contributed by atoms with Gasteiger partial charge in [-0.2, -0.15) is 0 Å². The summed E-state index contributed by atoms with van der Waals surface area (Å²) in [4.78, 5) is 26.1. The number of thiophene rings is 1.